The molecule has 0 spiro atoms. The van der Waals surface area contributed by atoms with E-state index in [2.05, 4.69) is 37.4 Å². The molecule has 0 amide bonds. The molecule has 1 N–H and O–H groups in total. The van der Waals surface area contributed by atoms with Crippen LogP contribution in [-0.4, -0.2) is 20.2 Å². The summed E-state index contributed by atoms with van der Waals surface area (Å²) in [5.74, 6) is 0.922. The van der Waals surface area contributed by atoms with Gasteiger partial charge in [0.05, 0.1) is 7.11 Å². The van der Waals surface area contributed by atoms with Crippen LogP contribution in [0.15, 0.2) is 29.8 Å². The summed E-state index contributed by atoms with van der Waals surface area (Å²) in [4.78, 5) is 0. The molecule has 1 aromatic carbocycles. The Hall–Kier alpha value is -1.28. The molecule has 2 nitrogen and oxygen atoms in total. The summed E-state index contributed by atoms with van der Waals surface area (Å²) < 4.78 is 5.25. The van der Waals surface area contributed by atoms with Crippen molar-refractivity contribution in [3.63, 3.8) is 0 Å². The lowest BCUT2D eigenvalue weighted by atomic mass is 9.79. The van der Waals surface area contributed by atoms with E-state index in [1.54, 1.807) is 7.11 Å². The summed E-state index contributed by atoms with van der Waals surface area (Å²) in [6.45, 7) is 6.73. The van der Waals surface area contributed by atoms with Crippen molar-refractivity contribution in [2.45, 2.75) is 20.3 Å². The average Bonchev–Trinajstić information content (AvgIpc) is 2.32. The number of hydrogen-bond acceptors (Lipinski definition) is 2. The van der Waals surface area contributed by atoms with Crippen molar-refractivity contribution < 1.29 is 4.74 Å². The van der Waals surface area contributed by atoms with Gasteiger partial charge in [0, 0.05) is 6.54 Å². The van der Waals surface area contributed by atoms with E-state index >= 15 is 0 Å². The molecular formula is C15H21NO. The largest absolute Gasteiger partial charge is 0.497 e. The quantitative estimate of drug-likeness (QED) is 0.844. The molecule has 1 saturated heterocycles. The second-order valence-corrected chi connectivity index (χ2v) is 5.26. The van der Waals surface area contributed by atoms with Gasteiger partial charge >= 0.3 is 0 Å². The van der Waals surface area contributed by atoms with Crippen molar-refractivity contribution in [1.29, 1.82) is 0 Å². The molecule has 1 aliphatic rings. The summed E-state index contributed by atoms with van der Waals surface area (Å²) in [5, 5.41) is 3.45. The van der Waals surface area contributed by atoms with Gasteiger partial charge in [-0.1, -0.05) is 37.6 Å². The van der Waals surface area contributed by atoms with Gasteiger partial charge < -0.3 is 10.1 Å². The smallest absolute Gasteiger partial charge is 0.119 e. The standard InChI is InChI=1S/C15H21NO/c1-15(2)11-16-8-7-13(15)9-12-5-4-6-14(10-12)17-3/h4-6,9-10,16H,7-8,11H2,1-3H3/b13-9-. The van der Waals surface area contributed by atoms with Crippen molar-refractivity contribution in [2.75, 3.05) is 20.2 Å². The first-order valence-corrected chi connectivity index (χ1v) is 6.18. The summed E-state index contributed by atoms with van der Waals surface area (Å²) in [6, 6.07) is 8.24. The van der Waals surface area contributed by atoms with Crippen molar-refractivity contribution >= 4 is 6.08 Å². The Balaban J connectivity index is 2.27. The van der Waals surface area contributed by atoms with Crippen LogP contribution < -0.4 is 10.1 Å². The first-order chi connectivity index (χ1) is 8.12. The maximum Gasteiger partial charge on any atom is 0.119 e. The Morgan fingerprint density at radius 2 is 2.18 bits per heavy atom. The number of rotatable bonds is 2. The molecule has 1 heterocycles. The Morgan fingerprint density at radius 3 is 2.88 bits per heavy atom. The molecule has 2 rings (SSSR count). The van der Waals surface area contributed by atoms with E-state index in [9.17, 15) is 0 Å². The highest BCUT2D eigenvalue weighted by Crippen LogP contribution is 2.32. The highest BCUT2D eigenvalue weighted by molar-refractivity contribution is 5.56. The third-order valence-corrected chi connectivity index (χ3v) is 3.44. The van der Waals surface area contributed by atoms with Crippen LogP contribution in [0.4, 0.5) is 0 Å². The third-order valence-electron chi connectivity index (χ3n) is 3.44. The van der Waals surface area contributed by atoms with Crippen LogP contribution >= 0.6 is 0 Å². The molecule has 17 heavy (non-hydrogen) atoms. The minimum absolute atomic E-state index is 0.251. The molecule has 0 radical (unpaired) electrons. The van der Waals surface area contributed by atoms with E-state index in [0.717, 1.165) is 25.3 Å². The number of hydrogen-bond donors (Lipinski definition) is 1. The van der Waals surface area contributed by atoms with Gasteiger partial charge in [0.2, 0.25) is 0 Å². The van der Waals surface area contributed by atoms with Crippen LogP contribution in [0.3, 0.4) is 0 Å². The molecule has 0 atom stereocenters. The molecule has 0 unspecified atom stereocenters. The highest BCUT2D eigenvalue weighted by atomic mass is 16.5. The summed E-state index contributed by atoms with van der Waals surface area (Å²) in [7, 11) is 1.71. The molecule has 2 heteroatoms. The van der Waals surface area contributed by atoms with Gasteiger partial charge in [-0.15, -0.1) is 0 Å². The van der Waals surface area contributed by atoms with Crippen LogP contribution in [0, 0.1) is 5.41 Å². The normalized spacial score (nSPS) is 21.5. The predicted molar refractivity (Wildman–Crippen MR) is 72.2 cm³/mol. The number of ether oxygens (including phenoxy) is 1. The molecular weight excluding hydrogens is 210 g/mol. The van der Waals surface area contributed by atoms with Crippen LogP contribution in [0.2, 0.25) is 0 Å². The van der Waals surface area contributed by atoms with Gasteiger partial charge in [0.25, 0.3) is 0 Å². The van der Waals surface area contributed by atoms with E-state index in [4.69, 9.17) is 4.74 Å². The molecule has 1 fully saturated rings. The van der Waals surface area contributed by atoms with Crippen LogP contribution in [0.25, 0.3) is 6.08 Å². The van der Waals surface area contributed by atoms with Crippen molar-refractivity contribution in [3.05, 3.63) is 35.4 Å². The lowest BCUT2D eigenvalue weighted by Gasteiger charge is -2.33. The van der Waals surface area contributed by atoms with Crippen molar-refractivity contribution in [2.24, 2.45) is 5.41 Å². The third kappa shape index (κ3) is 2.89. The lowest BCUT2D eigenvalue weighted by molar-refractivity contribution is 0.360. The first kappa shape index (κ1) is 12.2. The second kappa shape index (κ2) is 4.92. The molecule has 0 saturated carbocycles. The minimum atomic E-state index is 0.251. The monoisotopic (exact) mass is 231 g/mol. The topological polar surface area (TPSA) is 21.3 Å². The number of nitrogens with one attached hydrogen (secondary N) is 1. The number of piperidine rings is 1. The molecule has 92 valence electrons. The summed E-state index contributed by atoms with van der Waals surface area (Å²) >= 11 is 0. The molecule has 0 aliphatic carbocycles. The van der Waals surface area contributed by atoms with E-state index in [0.29, 0.717) is 0 Å². The fourth-order valence-electron chi connectivity index (χ4n) is 2.28. The van der Waals surface area contributed by atoms with E-state index in [1.165, 1.54) is 11.1 Å². The number of methoxy groups -OCH3 is 1. The van der Waals surface area contributed by atoms with Crippen LogP contribution in [0.5, 0.6) is 5.75 Å². The van der Waals surface area contributed by atoms with E-state index in [1.807, 2.05) is 12.1 Å². The van der Waals surface area contributed by atoms with Gasteiger partial charge in [-0.25, -0.2) is 0 Å². The summed E-state index contributed by atoms with van der Waals surface area (Å²) in [6.07, 6.45) is 3.44. The Bertz CT molecular complexity index is 421. The maximum absolute atomic E-state index is 5.25. The van der Waals surface area contributed by atoms with Crippen molar-refractivity contribution in [1.82, 2.24) is 5.32 Å². The second-order valence-electron chi connectivity index (χ2n) is 5.26. The van der Waals surface area contributed by atoms with Gasteiger partial charge in [-0.05, 0) is 36.1 Å². The van der Waals surface area contributed by atoms with Crippen LogP contribution in [-0.2, 0) is 0 Å². The molecule has 0 bridgehead atoms. The SMILES string of the molecule is COc1cccc(/C=C2/CCNCC2(C)C)c1. The van der Waals surface area contributed by atoms with Gasteiger partial charge in [0.1, 0.15) is 5.75 Å². The zero-order valence-corrected chi connectivity index (χ0v) is 10.9. The highest BCUT2D eigenvalue weighted by Gasteiger charge is 2.25. The Morgan fingerprint density at radius 1 is 1.35 bits per heavy atom. The van der Waals surface area contributed by atoms with Crippen molar-refractivity contribution in [3.8, 4) is 5.75 Å². The zero-order chi connectivity index (χ0) is 12.3. The van der Waals surface area contributed by atoms with Gasteiger partial charge in [0.15, 0.2) is 0 Å². The number of benzene rings is 1. The fraction of sp³-hybridized carbons (Fsp3) is 0.467. The zero-order valence-electron chi connectivity index (χ0n) is 10.9. The molecule has 0 aromatic heterocycles. The first-order valence-electron chi connectivity index (χ1n) is 6.18. The Labute approximate surface area is 104 Å². The fourth-order valence-corrected chi connectivity index (χ4v) is 2.28. The summed E-state index contributed by atoms with van der Waals surface area (Å²) in [5.41, 5.74) is 3.00. The van der Waals surface area contributed by atoms with Crippen LogP contribution in [0.1, 0.15) is 25.8 Å². The predicted octanol–water partition coefficient (Wildman–Crippen LogP) is 3.10. The minimum Gasteiger partial charge on any atom is -0.497 e. The van der Waals surface area contributed by atoms with Gasteiger partial charge in [-0.3, -0.25) is 0 Å². The van der Waals surface area contributed by atoms with E-state index in [-0.39, 0.29) is 5.41 Å². The Kier molecular flexibility index (Phi) is 3.53. The van der Waals surface area contributed by atoms with E-state index < -0.39 is 0 Å². The van der Waals surface area contributed by atoms with Gasteiger partial charge in [-0.2, -0.15) is 0 Å². The molecule has 1 aromatic rings. The average molecular weight is 231 g/mol. The lowest BCUT2D eigenvalue weighted by Crippen LogP contribution is -2.37. The molecule has 1 aliphatic heterocycles. The maximum atomic E-state index is 5.25.